The molecule has 1 saturated heterocycles. The van der Waals surface area contributed by atoms with Gasteiger partial charge in [-0.2, -0.15) is 0 Å². The molecular formula is C14H18BrNO2S. The first kappa shape index (κ1) is 13.6. The van der Waals surface area contributed by atoms with Gasteiger partial charge in [0.1, 0.15) is 6.04 Å². The van der Waals surface area contributed by atoms with E-state index < -0.39 is 5.97 Å². The Morgan fingerprint density at radius 3 is 2.89 bits per heavy atom. The van der Waals surface area contributed by atoms with Crippen molar-refractivity contribution in [1.29, 1.82) is 0 Å². The molecule has 104 valence electrons. The van der Waals surface area contributed by atoms with Crippen molar-refractivity contribution in [3.63, 3.8) is 0 Å². The largest absolute Gasteiger partial charge is 0.480 e. The fourth-order valence-corrected chi connectivity index (χ4v) is 5.13. The number of rotatable bonds is 3. The smallest absolute Gasteiger partial charge is 0.320 e. The van der Waals surface area contributed by atoms with Crippen LogP contribution in [0.4, 0.5) is 0 Å². The highest BCUT2D eigenvalue weighted by Gasteiger charge is 2.45. The van der Waals surface area contributed by atoms with Crippen LogP contribution in [-0.4, -0.2) is 28.1 Å². The molecule has 0 amide bonds. The lowest BCUT2D eigenvalue weighted by molar-refractivity contribution is -0.142. The summed E-state index contributed by atoms with van der Waals surface area (Å²) >= 11 is 5.19. The van der Waals surface area contributed by atoms with Crippen molar-refractivity contribution in [2.75, 3.05) is 0 Å². The minimum absolute atomic E-state index is 0.283. The average Bonchev–Trinajstić information content (AvgIpc) is 2.95. The van der Waals surface area contributed by atoms with E-state index in [0.717, 1.165) is 16.8 Å². The molecule has 1 aliphatic carbocycles. The number of thiophene rings is 1. The summed E-state index contributed by atoms with van der Waals surface area (Å²) in [6.07, 6.45) is 5.73. The Labute approximate surface area is 125 Å². The molecule has 0 aromatic carbocycles. The molecule has 3 rings (SSSR count). The minimum atomic E-state index is -0.648. The van der Waals surface area contributed by atoms with Gasteiger partial charge in [0.05, 0.1) is 3.79 Å². The molecule has 0 bridgehead atoms. The topological polar surface area (TPSA) is 40.5 Å². The van der Waals surface area contributed by atoms with Crippen LogP contribution in [0.5, 0.6) is 0 Å². The molecule has 1 aromatic heterocycles. The summed E-state index contributed by atoms with van der Waals surface area (Å²) in [5.74, 6) is -0.0525. The van der Waals surface area contributed by atoms with E-state index in [0.29, 0.717) is 12.0 Å². The van der Waals surface area contributed by atoms with E-state index in [1.807, 2.05) is 6.07 Å². The fourth-order valence-electron chi connectivity index (χ4n) is 3.64. The number of carboxylic acid groups (broad SMARTS) is 1. The lowest BCUT2D eigenvalue weighted by Crippen LogP contribution is -2.41. The van der Waals surface area contributed by atoms with Gasteiger partial charge in [-0.15, -0.1) is 11.3 Å². The van der Waals surface area contributed by atoms with Crippen molar-refractivity contribution >= 4 is 33.2 Å². The SMILES string of the molecule is O=C(O)[C@@H]1C[C@H]2CCCC[C@@H]2N1Cc1ccc(Br)s1. The van der Waals surface area contributed by atoms with E-state index in [4.69, 9.17) is 0 Å². The average molecular weight is 344 g/mol. The third-order valence-electron chi connectivity index (χ3n) is 4.47. The van der Waals surface area contributed by atoms with Gasteiger partial charge in [-0.1, -0.05) is 12.8 Å². The van der Waals surface area contributed by atoms with Gasteiger partial charge in [0.15, 0.2) is 0 Å². The van der Waals surface area contributed by atoms with E-state index >= 15 is 0 Å². The lowest BCUT2D eigenvalue weighted by Gasteiger charge is -2.32. The van der Waals surface area contributed by atoms with Crippen LogP contribution in [0, 0.1) is 5.92 Å². The van der Waals surface area contributed by atoms with Crippen molar-refractivity contribution in [1.82, 2.24) is 4.90 Å². The van der Waals surface area contributed by atoms with Crippen LogP contribution in [0.15, 0.2) is 15.9 Å². The maximum Gasteiger partial charge on any atom is 0.320 e. The summed E-state index contributed by atoms with van der Waals surface area (Å²) < 4.78 is 1.12. The Bertz CT molecular complexity index is 476. The second kappa shape index (κ2) is 5.54. The molecule has 1 N–H and O–H groups in total. The highest BCUT2D eigenvalue weighted by atomic mass is 79.9. The van der Waals surface area contributed by atoms with Crippen molar-refractivity contribution in [3.05, 3.63) is 20.8 Å². The molecule has 3 atom stereocenters. The molecule has 5 heteroatoms. The third kappa shape index (κ3) is 2.73. The van der Waals surface area contributed by atoms with Crippen LogP contribution in [-0.2, 0) is 11.3 Å². The zero-order chi connectivity index (χ0) is 13.4. The van der Waals surface area contributed by atoms with Crippen molar-refractivity contribution in [2.24, 2.45) is 5.92 Å². The van der Waals surface area contributed by atoms with E-state index in [1.54, 1.807) is 11.3 Å². The van der Waals surface area contributed by atoms with Gasteiger partial charge in [0.2, 0.25) is 0 Å². The van der Waals surface area contributed by atoms with Crippen LogP contribution in [0.25, 0.3) is 0 Å². The van der Waals surface area contributed by atoms with Crippen molar-refractivity contribution in [3.8, 4) is 0 Å². The molecule has 0 radical (unpaired) electrons. The van der Waals surface area contributed by atoms with Gasteiger partial charge in [-0.3, -0.25) is 9.69 Å². The first-order chi connectivity index (χ1) is 9.15. The molecule has 2 heterocycles. The van der Waals surface area contributed by atoms with Gasteiger partial charge in [0.25, 0.3) is 0 Å². The quantitative estimate of drug-likeness (QED) is 0.908. The van der Waals surface area contributed by atoms with Gasteiger partial charge in [0, 0.05) is 17.5 Å². The Kier molecular flexibility index (Phi) is 3.96. The molecule has 1 aliphatic heterocycles. The zero-order valence-corrected chi connectivity index (χ0v) is 13.1. The van der Waals surface area contributed by atoms with Crippen molar-refractivity contribution in [2.45, 2.75) is 50.7 Å². The van der Waals surface area contributed by atoms with E-state index in [9.17, 15) is 9.90 Å². The Morgan fingerprint density at radius 1 is 1.42 bits per heavy atom. The number of fused-ring (bicyclic) bond motifs is 1. The minimum Gasteiger partial charge on any atom is -0.480 e. The van der Waals surface area contributed by atoms with E-state index in [-0.39, 0.29) is 6.04 Å². The van der Waals surface area contributed by atoms with Crippen LogP contribution in [0.2, 0.25) is 0 Å². The predicted molar refractivity (Wildman–Crippen MR) is 79.3 cm³/mol. The highest BCUT2D eigenvalue weighted by molar-refractivity contribution is 9.11. The van der Waals surface area contributed by atoms with Crippen LogP contribution < -0.4 is 0 Å². The number of likely N-dealkylation sites (tertiary alicyclic amines) is 1. The summed E-state index contributed by atoms with van der Waals surface area (Å²) in [6.45, 7) is 0.786. The van der Waals surface area contributed by atoms with Crippen molar-refractivity contribution < 1.29 is 9.90 Å². The predicted octanol–water partition coefficient (Wildman–Crippen LogP) is 3.73. The standard InChI is InChI=1S/C14H18BrNO2S/c15-13-6-5-10(19-13)8-16-11-4-2-1-3-9(11)7-12(16)14(17)18/h5-6,9,11-12H,1-4,7-8H2,(H,17,18)/t9-,11+,12+/m1/s1. The lowest BCUT2D eigenvalue weighted by atomic mass is 9.85. The Morgan fingerprint density at radius 2 is 2.21 bits per heavy atom. The molecule has 0 spiro atoms. The maximum absolute atomic E-state index is 11.5. The number of nitrogens with zero attached hydrogens (tertiary/aromatic N) is 1. The molecule has 1 aromatic rings. The second-order valence-electron chi connectivity index (χ2n) is 5.58. The first-order valence-corrected chi connectivity index (χ1v) is 8.49. The molecule has 0 unspecified atom stereocenters. The summed E-state index contributed by atoms with van der Waals surface area (Å²) in [4.78, 5) is 15.0. The molecule has 2 aliphatic rings. The number of aliphatic carboxylic acids is 1. The number of carbonyl (C=O) groups is 1. The second-order valence-corrected chi connectivity index (χ2v) is 8.13. The normalized spacial score (nSPS) is 31.3. The Balaban J connectivity index is 1.80. The van der Waals surface area contributed by atoms with Gasteiger partial charge in [-0.05, 0) is 53.2 Å². The zero-order valence-electron chi connectivity index (χ0n) is 10.7. The maximum atomic E-state index is 11.5. The highest BCUT2D eigenvalue weighted by Crippen LogP contribution is 2.41. The number of hydrogen-bond acceptors (Lipinski definition) is 3. The first-order valence-electron chi connectivity index (χ1n) is 6.88. The van der Waals surface area contributed by atoms with Crippen LogP contribution in [0.3, 0.4) is 0 Å². The monoisotopic (exact) mass is 343 g/mol. The number of halogens is 1. The molecule has 2 fully saturated rings. The molecule has 3 nitrogen and oxygen atoms in total. The number of hydrogen-bond donors (Lipinski definition) is 1. The summed E-state index contributed by atoms with van der Waals surface area (Å²) in [5.41, 5.74) is 0. The summed E-state index contributed by atoms with van der Waals surface area (Å²) in [7, 11) is 0. The Hall–Kier alpha value is -0.390. The van der Waals surface area contributed by atoms with Crippen LogP contribution in [0.1, 0.15) is 37.0 Å². The molecule has 1 saturated carbocycles. The van der Waals surface area contributed by atoms with Gasteiger partial charge < -0.3 is 5.11 Å². The molecular weight excluding hydrogens is 326 g/mol. The number of carboxylic acids is 1. The third-order valence-corrected chi connectivity index (χ3v) is 6.08. The van der Waals surface area contributed by atoms with Crippen LogP contribution >= 0.6 is 27.3 Å². The molecule has 19 heavy (non-hydrogen) atoms. The van der Waals surface area contributed by atoms with Gasteiger partial charge in [-0.25, -0.2) is 0 Å². The fraction of sp³-hybridized carbons (Fsp3) is 0.643. The van der Waals surface area contributed by atoms with E-state index in [1.165, 1.54) is 30.6 Å². The van der Waals surface area contributed by atoms with Gasteiger partial charge >= 0.3 is 5.97 Å². The van der Waals surface area contributed by atoms with E-state index in [2.05, 4.69) is 26.9 Å². The summed E-state index contributed by atoms with van der Waals surface area (Å²) in [5, 5.41) is 9.47. The summed E-state index contributed by atoms with van der Waals surface area (Å²) in [6, 6.07) is 4.35.